The molecule has 2 aromatic rings. The molecule has 6 nitrogen and oxygen atoms in total. The van der Waals surface area contributed by atoms with Crippen LogP contribution < -0.4 is 14.8 Å². The molecule has 0 saturated carbocycles. The first-order valence-electron chi connectivity index (χ1n) is 6.82. The molecule has 122 valence electrons. The summed E-state index contributed by atoms with van der Waals surface area (Å²) in [6.07, 6.45) is 1.06. The Bertz CT molecular complexity index is 832. The molecule has 0 aliphatic rings. The predicted octanol–water partition coefficient (Wildman–Crippen LogP) is 2.63. The highest BCUT2D eigenvalue weighted by atomic mass is 32.2. The van der Waals surface area contributed by atoms with Gasteiger partial charge in [-0.3, -0.25) is 9.52 Å². The number of anilines is 2. The molecule has 0 radical (unpaired) electrons. The third kappa shape index (κ3) is 4.72. The molecule has 23 heavy (non-hydrogen) atoms. The van der Waals surface area contributed by atoms with Crippen LogP contribution in [-0.4, -0.2) is 27.7 Å². The molecule has 0 heterocycles. The molecule has 0 aliphatic heterocycles. The van der Waals surface area contributed by atoms with E-state index in [1.807, 2.05) is 19.1 Å². The van der Waals surface area contributed by atoms with Gasteiger partial charge in [-0.15, -0.1) is 0 Å². The number of rotatable bonds is 5. The lowest BCUT2D eigenvalue weighted by atomic mass is 10.1. The molecule has 0 aromatic heterocycles. The van der Waals surface area contributed by atoms with E-state index in [2.05, 4.69) is 10.0 Å². The smallest absolute Gasteiger partial charge is 0.255 e. The zero-order valence-corrected chi connectivity index (χ0v) is 13.9. The molecule has 2 N–H and O–H groups in total. The van der Waals surface area contributed by atoms with E-state index in [0.717, 1.165) is 11.8 Å². The number of nitrogens with one attached hydrogen (secondary N) is 2. The fourth-order valence-electron chi connectivity index (χ4n) is 2.04. The third-order valence-electron chi connectivity index (χ3n) is 3.04. The SMILES string of the molecule is COc1cc(NC(=O)c2cccc(C)c2)ccc1NS(C)(=O)=O. The maximum absolute atomic E-state index is 12.2. The summed E-state index contributed by atoms with van der Waals surface area (Å²) in [6.45, 7) is 1.91. The summed E-state index contributed by atoms with van der Waals surface area (Å²) in [6, 6.07) is 11.9. The summed E-state index contributed by atoms with van der Waals surface area (Å²) < 4.78 is 30.1. The Balaban J connectivity index is 2.22. The largest absolute Gasteiger partial charge is 0.494 e. The Morgan fingerprint density at radius 3 is 2.48 bits per heavy atom. The Kier molecular flexibility index (Phi) is 4.90. The van der Waals surface area contributed by atoms with Crippen molar-refractivity contribution in [3.63, 3.8) is 0 Å². The van der Waals surface area contributed by atoms with Crippen molar-refractivity contribution in [2.45, 2.75) is 6.92 Å². The first-order chi connectivity index (χ1) is 10.8. The Labute approximate surface area is 135 Å². The molecule has 2 rings (SSSR count). The number of methoxy groups -OCH3 is 1. The zero-order valence-electron chi connectivity index (χ0n) is 13.1. The number of carbonyl (C=O) groups excluding carboxylic acids is 1. The Morgan fingerprint density at radius 1 is 1.13 bits per heavy atom. The summed E-state index contributed by atoms with van der Waals surface area (Å²) in [5.74, 6) is 0.0667. The van der Waals surface area contributed by atoms with Crippen molar-refractivity contribution in [1.82, 2.24) is 0 Å². The second-order valence-electron chi connectivity index (χ2n) is 5.11. The van der Waals surface area contributed by atoms with Crippen molar-refractivity contribution in [3.05, 3.63) is 53.6 Å². The van der Waals surface area contributed by atoms with Gasteiger partial charge in [-0.25, -0.2) is 8.42 Å². The zero-order chi connectivity index (χ0) is 17.0. The molecule has 7 heteroatoms. The molecule has 0 spiro atoms. The molecule has 0 bridgehead atoms. The van der Waals surface area contributed by atoms with Crippen molar-refractivity contribution >= 4 is 27.3 Å². The van der Waals surface area contributed by atoms with Crippen molar-refractivity contribution < 1.29 is 17.9 Å². The summed E-state index contributed by atoms with van der Waals surface area (Å²) in [4.78, 5) is 12.2. The van der Waals surface area contributed by atoms with E-state index in [1.54, 1.807) is 24.3 Å². The van der Waals surface area contributed by atoms with Crippen LogP contribution in [0.1, 0.15) is 15.9 Å². The van der Waals surface area contributed by atoms with Crippen molar-refractivity contribution in [3.8, 4) is 5.75 Å². The van der Waals surface area contributed by atoms with Gasteiger partial charge in [-0.1, -0.05) is 17.7 Å². The van der Waals surface area contributed by atoms with Crippen LogP contribution in [0.5, 0.6) is 5.75 Å². The Morgan fingerprint density at radius 2 is 1.87 bits per heavy atom. The molecule has 0 unspecified atom stereocenters. The van der Waals surface area contributed by atoms with Crippen LogP contribution in [0.3, 0.4) is 0 Å². The second-order valence-corrected chi connectivity index (χ2v) is 6.86. The predicted molar refractivity (Wildman–Crippen MR) is 90.6 cm³/mol. The van der Waals surface area contributed by atoms with E-state index in [-0.39, 0.29) is 5.91 Å². The highest BCUT2D eigenvalue weighted by Crippen LogP contribution is 2.28. The summed E-state index contributed by atoms with van der Waals surface area (Å²) in [5.41, 5.74) is 2.35. The lowest BCUT2D eigenvalue weighted by Crippen LogP contribution is -2.13. The number of hydrogen-bond donors (Lipinski definition) is 2. The van der Waals surface area contributed by atoms with E-state index < -0.39 is 10.0 Å². The maximum Gasteiger partial charge on any atom is 0.255 e. The maximum atomic E-state index is 12.2. The van der Waals surface area contributed by atoms with Gasteiger partial charge in [0.15, 0.2) is 0 Å². The van der Waals surface area contributed by atoms with Crippen LogP contribution in [-0.2, 0) is 10.0 Å². The fourth-order valence-corrected chi connectivity index (χ4v) is 2.61. The average molecular weight is 334 g/mol. The van der Waals surface area contributed by atoms with E-state index in [9.17, 15) is 13.2 Å². The average Bonchev–Trinajstić information content (AvgIpc) is 2.47. The van der Waals surface area contributed by atoms with Gasteiger partial charge in [0.1, 0.15) is 5.75 Å². The third-order valence-corrected chi connectivity index (χ3v) is 3.63. The van der Waals surface area contributed by atoms with Crippen LogP contribution in [0, 0.1) is 6.92 Å². The Hall–Kier alpha value is -2.54. The molecule has 1 amide bonds. The molecular weight excluding hydrogens is 316 g/mol. The summed E-state index contributed by atoms with van der Waals surface area (Å²) in [5, 5.41) is 2.75. The normalized spacial score (nSPS) is 10.9. The van der Waals surface area contributed by atoms with Crippen LogP contribution in [0.4, 0.5) is 11.4 Å². The number of benzene rings is 2. The van der Waals surface area contributed by atoms with E-state index in [1.165, 1.54) is 13.2 Å². The minimum absolute atomic E-state index is 0.250. The summed E-state index contributed by atoms with van der Waals surface area (Å²) >= 11 is 0. The number of carbonyl (C=O) groups is 1. The highest BCUT2D eigenvalue weighted by Gasteiger charge is 2.11. The minimum Gasteiger partial charge on any atom is -0.494 e. The van der Waals surface area contributed by atoms with E-state index >= 15 is 0 Å². The number of aryl methyl sites for hydroxylation is 1. The number of amides is 1. The lowest BCUT2D eigenvalue weighted by molar-refractivity contribution is 0.102. The molecule has 0 atom stereocenters. The molecular formula is C16H18N2O4S. The van der Waals surface area contributed by atoms with Gasteiger partial charge in [0, 0.05) is 17.3 Å². The second kappa shape index (κ2) is 6.70. The number of hydrogen-bond acceptors (Lipinski definition) is 4. The molecule has 0 aliphatic carbocycles. The number of ether oxygens (including phenoxy) is 1. The quantitative estimate of drug-likeness (QED) is 0.880. The van der Waals surface area contributed by atoms with Crippen LogP contribution in [0.15, 0.2) is 42.5 Å². The van der Waals surface area contributed by atoms with Gasteiger partial charge in [0.05, 0.1) is 19.1 Å². The highest BCUT2D eigenvalue weighted by molar-refractivity contribution is 7.92. The molecule has 0 saturated heterocycles. The van der Waals surface area contributed by atoms with Gasteiger partial charge in [-0.2, -0.15) is 0 Å². The van der Waals surface area contributed by atoms with Crippen molar-refractivity contribution in [2.75, 3.05) is 23.4 Å². The first-order valence-corrected chi connectivity index (χ1v) is 8.71. The van der Waals surface area contributed by atoms with Crippen molar-refractivity contribution in [2.24, 2.45) is 0 Å². The lowest BCUT2D eigenvalue weighted by Gasteiger charge is -2.12. The van der Waals surface area contributed by atoms with Gasteiger partial charge in [-0.05, 0) is 31.2 Å². The van der Waals surface area contributed by atoms with E-state index in [0.29, 0.717) is 22.7 Å². The number of sulfonamides is 1. The molecule has 2 aromatic carbocycles. The minimum atomic E-state index is -3.41. The monoisotopic (exact) mass is 334 g/mol. The van der Waals surface area contributed by atoms with Gasteiger partial charge >= 0.3 is 0 Å². The summed E-state index contributed by atoms with van der Waals surface area (Å²) in [7, 11) is -1.99. The standard InChI is InChI=1S/C16H18N2O4S/c1-11-5-4-6-12(9-11)16(19)17-13-7-8-14(15(10-13)22-2)18-23(3,20)21/h4-10,18H,1-3H3,(H,17,19). The topological polar surface area (TPSA) is 84.5 Å². The van der Waals surface area contributed by atoms with Crippen LogP contribution >= 0.6 is 0 Å². The fraction of sp³-hybridized carbons (Fsp3) is 0.188. The molecule has 0 fully saturated rings. The van der Waals surface area contributed by atoms with Crippen LogP contribution in [0.2, 0.25) is 0 Å². The van der Waals surface area contributed by atoms with Gasteiger partial charge in [0.2, 0.25) is 10.0 Å². The van der Waals surface area contributed by atoms with E-state index in [4.69, 9.17) is 4.74 Å². The van der Waals surface area contributed by atoms with Crippen LogP contribution in [0.25, 0.3) is 0 Å². The van der Waals surface area contributed by atoms with Gasteiger partial charge in [0.25, 0.3) is 5.91 Å². The first kappa shape index (κ1) is 16.8. The van der Waals surface area contributed by atoms with Crippen molar-refractivity contribution in [1.29, 1.82) is 0 Å². The van der Waals surface area contributed by atoms with Gasteiger partial charge < -0.3 is 10.1 Å².